The van der Waals surface area contributed by atoms with Crippen molar-refractivity contribution in [1.82, 2.24) is 5.32 Å². The minimum atomic E-state index is -0.641. The number of carbonyl (C=O) groups is 2. The van der Waals surface area contributed by atoms with Crippen LogP contribution in [0.15, 0.2) is 18.2 Å². The molecule has 1 amide bonds. The van der Waals surface area contributed by atoms with Crippen molar-refractivity contribution >= 4 is 11.9 Å². The van der Waals surface area contributed by atoms with Gasteiger partial charge in [-0.2, -0.15) is 0 Å². The quantitative estimate of drug-likeness (QED) is 0.459. The SMILES string of the molecule is COC(=O)c1c(O)cccc1OCCCCCNC(=O)CN. The first-order chi connectivity index (χ1) is 10.6. The molecule has 1 rings (SSSR count). The summed E-state index contributed by atoms with van der Waals surface area (Å²) in [6.45, 7) is 0.977. The van der Waals surface area contributed by atoms with E-state index in [4.69, 9.17) is 10.5 Å². The largest absolute Gasteiger partial charge is 0.507 e. The smallest absolute Gasteiger partial charge is 0.345 e. The number of nitrogens with one attached hydrogen (secondary N) is 1. The summed E-state index contributed by atoms with van der Waals surface area (Å²) in [5.74, 6) is -0.687. The maximum atomic E-state index is 11.6. The van der Waals surface area contributed by atoms with Gasteiger partial charge in [-0.3, -0.25) is 4.79 Å². The van der Waals surface area contributed by atoms with Crippen LogP contribution in [0, 0.1) is 0 Å². The summed E-state index contributed by atoms with van der Waals surface area (Å²) in [4.78, 5) is 22.5. The van der Waals surface area contributed by atoms with E-state index in [-0.39, 0.29) is 23.8 Å². The van der Waals surface area contributed by atoms with Gasteiger partial charge in [0.25, 0.3) is 0 Å². The third-order valence-corrected chi connectivity index (χ3v) is 2.98. The Morgan fingerprint density at radius 3 is 2.73 bits per heavy atom. The second kappa shape index (κ2) is 9.62. The van der Waals surface area contributed by atoms with Crippen LogP contribution in [0.1, 0.15) is 29.6 Å². The molecule has 0 atom stereocenters. The Morgan fingerprint density at radius 1 is 1.27 bits per heavy atom. The van der Waals surface area contributed by atoms with Crippen molar-refractivity contribution < 1.29 is 24.2 Å². The van der Waals surface area contributed by atoms with Gasteiger partial charge in [0.15, 0.2) is 0 Å². The molecule has 122 valence electrons. The molecule has 0 aliphatic carbocycles. The minimum absolute atomic E-state index is 0.00306. The van der Waals surface area contributed by atoms with Crippen molar-refractivity contribution in [1.29, 1.82) is 0 Å². The third-order valence-electron chi connectivity index (χ3n) is 2.98. The number of esters is 1. The summed E-state index contributed by atoms with van der Waals surface area (Å²) in [6, 6.07) is 4.60. The number of hydrogen-bond donors (Lipinski definition) is 3. The summed E-state index contributed by atoms with van der Waals surface area (Å²) >= 11 is 0. The van der Waals surface area contributed by atoms with Crippen LogP contribution in [0.3, 0.4) is 0 Å². The molecule has 0 aromatic heterocycles. The lowest BCUT2D eigenvalue weighted by Gasteiger charge is -2.11. The average Bonchev–Trinajstić information content (AvgIpc) is 2.53. The lowest BCUT2D eigenvalue weighted by Crippen LogP contribution is -2.30. The standard InChI is InChI=1S/C15H22N2O5/c1-21-15(20)14-11(18)6-5-7-12(14)22-9-4-2-3-8-17-13(19)10-16/h5-7,18H,2-4,8-10,16H2,1H3,(H,17,19). The van der Waals surface area contributed by atoms with E-state index in [9.17, 15) is 14.7 Å². The third kappa shape index (κ3) is 5.61. The number of rotatable bonds is 9. The first kappa shape index (κ1) is 17.8. The summed E-state index contributed by atoms with van der Waals surface area (Å²) < 4.78 is 10.1. The Balaban J connectivity index is 2.35. The van der Waals surface area contributed by atoms with Crippen molar-refractivity contribution in [3.63, 3.8) is 0 Å². The monoisotopic (exact) mass is 310 g/mol. The van der Waals surface area contributed by atoms with Gasteiger partial charge in [-0.15, -0.1) is 0 Å². The number of benzene rings is 1. The number of carbonyl (C=O) groups excluding carboxylic acids is 2. The first-order valence-electron chi connectivity index (χ1n) is 7.10. The molecule has 0 bridgehead atoms. The Kier molecular flexibility index (Phi) is 7.77. The number of unbranched alkanes of at least 4 members (excludes halogenated alkanes) is 2. The Bertz CT molecular complexity index is 505. The molecule has 0 heterocycles. The van der Waals surface area contributed by atoms with Gasteiger partial charge in [0.2, 0.25) is 5.91 Å². The van der Waals surface area contributed by atoms with Crippen LogP contribution in [-0.2, 0) is 9.53 Å². The van der Waals surface area contributed by atoms with Crippen molar-refractivity contribution in [3.05, 3.63) is 23.8 Å². The number of phenols is 1. The van der Waals surface area contributed by atoms with Crippen LogP contribution in [0.25, 0.3) is 0 Å². The molecular weight excluding hydrogens is 288 g/mol. The number of ether oxygens (including phenoxy) is 2. The molecule has 7 heteroatoms. The van der Waals surface area contributed by atoms with Crippen LogP contribution in [-0.4, -0.2) is 43.8 Å². The van der Waals surface area contributed by atoms with E-state index in [0.29, 0.717) is 18.9 Å². The van der Waals surface area contributed by atoms with Gasteiger partial charge in [0, 0.05) is 6.54 Å². The highest BCUT2D eigenvalue weighted by Gasteiger charge is 2.17. The van der Waals surface area contributed by atoms with E-state index in [0.717, 1.165) is 19.3 Å². The van der Waals surface area contributed by atoms with Gasteiger partial charge in [0.1, 0.15) is 17.1 Å². The zero-order valence-corrected chi connectivity index (χ0v) is 12.6. The Morgan fingerprint density at radius 2 is 2.05 bits per heavy atom. The predicted molar refractivity (Wildman–Crippen MR) is 80.9 cm³/mol. The maximum absolute atomic E-state index is 11.6. The number of nitrogens with two attached hydrogens (primary N) is 1. The van der Waals surface area contributed by atoms with E-state index in [1.54, 1.807) is 12.1 Å². The fraction of sp³-hybridized carbons (Fsp3) is 0.467. The normalized spacial score (nSPS) is 10.1. The van der Waals surface area contributed by atoms with Gasteiger partial charge in [-0.1, -0.05) is 6.07 Å². The molecular formula is C15H22N2O5. The second-order valence-corrected chi connectivity index (χ2v) is 4.61. The maximum Gasteiger partial charge on any atom is 0.345 e. The molecule has 0 aliphatic rings. The summed E-state index contributed by atoms with van der Waals surface area (Å²) in [5.41, 5.74) is 5.20. The number of aromatic hydroxyl groups is 1. The van der Waals surface area contributed by atoms with E-state index < -0.39 is 5.97 Å². The van der Waals surface area contributed by atoms with Gasteiger partial charge in [-0.25, -0.2) is 4.79 Å². The zero-order valence-electron chi connectivity index (χ0n) is 12.6. The highest BCUT2D eigenvalue weighted by Crippen LogP contribution is 2.28. The molecule has 0 saturated heterocycles. The van der Waals surface area contributed by atoms with E-state index in [1.807, 2.05) is 0 Å². The zero-order chi connectivity index (χ0) is 16.4. The molecule has 0 saturated carbocycles. The lowest BCUT2D eigenvalue weighted by molar-refractivity contribution is -0.119. The highest BCUT2D eigenvalue weighted by molar-refractivity contribution is 5.95. The molecule has 22 heavy (non-hydrogen) atoms. The average molecular weight is 310 g/mol. The van der Waals surface area contributed by atoms with Crippen LogP contribution >= 0.6 is 0 Å². The number of methoxy groups -OCH3 is 1. The van der Waals surface area contributed by atoms with Crippen molar-refractivity contribution in [2.24, 2.45) is 5.73 Å². The number of amides is 1. The van der Waals surface area contributed by atoms with Gasteiger partial charge in [-0.05, 0) is 31.4 Å². The predicted octanol–water partition coefficient (Wildman–Crippen LogP) is 0.803. The molecule has 4 N–H and O–H groups in total. The molecule has 0 unspecified atom stereocenters. The number of phenolic OH excluding ortho intramolecular Hbond substituents is 1. The van der Waals surface area contributed by atoms with E-state index in [2.05, 4.69) is 10.1 Å². The fourth-order valence-corrected chi connectivity index (χ4v) is 1.83. The van der Waals surface area contributed by atoms with Crippen molar-refractivity contribution in [2.75, 3.05) is 26.8 Å². The molecule has 1 aromatic rings. The molecule has 1 aromatic carbocycles. The summed E-state index contributed by atoms with van der Waals surface area (Å²) in [7, 11) is 1.24. The highest BCUT2D eigenvalue weighted by atomic mass is 16.5. The van der Waals surface area contributed by atoms with Crippen LogP contribution in [0.2, 0.25) is 0 Å². The van der Waals surface area contributed by atoms with Crippen molar-refractivity contribution in [2.45, 2.75) is 19.3 Å². The Hall–Kier alpha value is -2.28. The lowest BCUT2D eigenvalue weighted by atomic mass is 10.2. The summed E-state index contributed by atoms with van der Waals surface area (Å²) in [6.07, 6.45) is 2.44. The Labute approximate surface area is 129 Å². The van der Waals surface area contributed by atoms with Gasteiger partial charge in [0.05, 0.1) is 20.3 Å². The number of hydrogen-bond acceptors (Lipinski definition) is 6. The van der Waals surface area contributed by atoms with Crippen LogP contribution in [0.5, 0.6) is 11.5 Å². The molecule has 7 nitrogen and oxygen atoms in total. The molecule has 0 spiro atoms. The van der Waals surface area contributed by atoms with Crippen LogP contribution < -0.4 is 15.8 Å². The van der Waals surface area contributed by atoms with E-state index >= 15 is 0 Å². The minimum Gasteiger partial charge on any atom is -0.507 e. The topological polar surface area (TPSA) is 111 Å². The molecule has 0 aliphatic heterocycles. The molecule has 0 fully saturated rings. The van der Waals surface area contributed by atoms with Gasteiger partial charge >= 0.3 is 5.97 Å². The fourth-order valence-electron chi connectivity index (χ4n) is 1.83. The van der Waals surface area contributed by atoms with Crippen LogP contribution in [0.4, 0.5) is 0 Å². The van der Waals surface area contributed by atoms with E-state index in [1.165, 1.54) is 13.2 Å². The van der Waals surface area contributed by atoms with Crippen molar-refractivity contribution in [3.8, 4) is 11.5 Å². The molecule has 0 radical (unpaired) electrons. The first-order valence-corrected chi connectivity index (χ1v) is 7.10. The van der Waals surface area contributed by atoms with Gasteiger partial charge < -0.3 is 25.6 Å². The summed E-state index contributed by atoms with van der Waals surface area (Å²) in [5, 5.41) is 12.4. The second-order valence-electron chi connectivity index (χ2n) is 4.61.